The summed E-state index contributed by atoms with van der Waals surface area (Å²) in [5, 5.41) is 0. The average molecular weight is 375 g/mol. The van der Waals surface area contributed by atoms with Gasteiger partial charge in [0.25, 0.3) is 0 Å². The maximum Gasteiger partial charge on any atom is 0.410 e. The second-order valence-corrected chi connectivity index (χ2v) is 8.88. The normalized spacial score (nSPS) is 22.2. The van der Waals surface area contributed by atoms with Gasteiger partial charge in [0.2, 0.25) is 0 Å². The van der Waals surface area contributed by atoms with Crippen LogP contribution in [0.25, 0.3) is 0 Å². The molecule has 0 spiro atoms. The summed E-state index contributed by atoms with van der Waals surface area (Å²) in [5.74, 6) is 0.623. The molecule has 5 heteroatoms. The van der Waals surface area contributed by atoms with Crippen LogP contribution in [0.3, 0.4) is 0 Å². The molecule has 2 aliphatic rings. The summed E-state index contributed by atoms with van der Waals surface area (Å²) in [4.78, 5) is 16.5. The van der Waals surface area contributed by atoms with E-state index in [9.17, 15) is 4.79 Å². The highest BCUT2D eigenvalue weighted by molar-refractivity contribution is 5.68. The lowest BCUT2D eigenvalue weighted by atomic mass is 10.1. The maximum atomic E-state index is 12.1. The van der Waals surface area contributed by atoms with Gasteiger partial charge in [-0.2, -0.15) is 0 Å². The molecule has 1 unspecified atom stereocenters. The molecular formula is C22H34N2O3. The van der Waals surface area contributed by atoms with E-state index < -0.39 is 5.60 Å². The van der Waals surface area contributed by atoms with Gasteiger partial charge < -0.3 is 14.4 Å². The smallest absolute Gasteiger partial charge is 0.410 e. The van der Waals surface area contributed by atoms with Crippen molar-refractivity contribution < 1.29 is 14.3 Å². The third-order valence-corrected chi connectivity index (χ3v) is 5.28. The summed E-state index contributed by atoms with van der Waals surface area (Å²) in [5.41, 5.74) is 0.951. The Hall–Kier alpha value is -1.59. The topological polar surface area (TPSA) is 42.0 Å². The van der Waals surface area contributed by atoms with Crippen molar-refractivity contribution in [3.05, 3.63) is 35.9 Å². The third kappa shape index (κ3) is 6.51. The fourth-order valence-corrected chi connectivity index (χ4v) is 3.84. The highest BCUT2D eigenvalue weighted by Gasteiger charge is 2.28. The minimum Gasteiger partial charge on any atom is -0.444 e. The van der Waals surface area contributed by atoms with E-state index in [-0.39, 0.29) is 12.2 Å². The molecule has 2 aliphatic heterocycles. The summed E-state index contributed by atoms with van der Waals surface area (Å²) < 4.78 is 11.6. The number of ether oxygens (including phenoxy) is 2. The van der Waals surface area contributed by atoms with Gasteiger partial charge in [-0.15, -0.1) is 0 Å². The van der Waals surface area contributed by atoms with E-state index in [1.54, 1.807) is 0 Å². The molecule has 0 aliphatic carbocycles. The number of benzene rings is 1. The van der Waals surface area contributed by atoms with E-state index in [1.165, 1.54) is 12.0 Å². The molecular weight excluding hydrogens is 340 g/mol. The zero-order valence-corrected chi connectivity index (χ0v) is 17.0. The minimum atomic E-state index is -0.432. The van der Waals surface area contributed by atoms with E-state index in [0.29, 0.717) is 5.92 Å². The summed E-state index contributed by atoms with van der Waals surface area (Å²) in [6, 6.07) is 10.7. The Morgan fingerprint density at radius 3 is 2.44 bits per heavy atom. The molecule has 150 valence electrons. The summed E-state index contributed by atoms with van der Waals surface area (Å²) in [7, 11) is 0. The Morgan fingerprint density at radius 2 is 1.78 bits per heavy atom. The Bertz CT molecular complexity index is 591. The van der Waals surface area contributed by atoms with E-state index in [4.69, 9.17) is 9.47 Å². The number of piperidine rings is 1. The van der Waals surface area contributed by atoms with Crippen LogP contribution in [-0.2, 0) is 16.0 Å². The summed E-state index contributed by atoms with van der Waals surface area (Å²) >= 11 is 0. The number of nitrogens with zero attached hydrogens (tertiary/aromatic N) is 2. The number of hydrogen-bond acceptors (Lipinski definition) is 4. The van der Waals surface area contributed by atoms with Gasteiger partial charge in [0.15, 0.2) is 0 Å². The summed E-state index contributed by atoms with van der Waals surface area (Å²) in [6.07, 6.45) is 3.09. The van der Waals surface area contributed by atoms with Gasteiger partial charge in [0.1, 0.15) is 5.60 Å². The van der Waals surface area contributed by atoms with Gasteiger partial charge in [0, 0.05) is 26.2 Å². The lowest BCUT2D eigenvalue weighted by Crippen LogP contribution is -2.43. The van der Waals surface area contributed by atoms with Gasteiger partial charge in [-0.1, -0.05) is 30.3 Å². The van der Waals surface area contributed by atoms with Crippen molar-refractivity contribution in [3.63, 3.8) is 0 Å². The molecule has 0 N–H and O–H groups in total. The van der Waals surface area contributed by atoms with Crippen LogP contribution in [0.4, 0.5) is 4.79 Å². The first-order valence-corrected chi connectivity index (χ1v) is 10.2. The molecule has 27 heavy (non-hydrogen) atoms. The molecule has 1 atom stereocenters. The van der Waals surface area contributed by atoms with Crippen LogP contribution >= 0.6 is 0 Å². The monoisotopic (exact) mass is 374 g/mol. The lowest BCUT2D eigenvalue weighted by Gasteiger charge is -2.33. The predicted molar refractivity (Wildman–Crippen MR) is 107 cm³/mol. The maximum absolute atomic E-state index is 12.1. The van der Waals surface area contributed by atoms with E-state index in [2.05, 4.69) is 35.2 Å². The highest BCUT2D eigenvalue weighted by atomic mass is 16.6. The second-order valence-electron chi connectivity index (χ2n) is 8.88. The van der Waals surface area contributed by atoms with Crippen molar-refractivity contribution in [1.82, 2.24) is 9.80 Å². The molecule has 5 nitrogen and oxygen atoms in total. The number of amides is 1. The van der Waals surface area contributed by atoms with Crippen molar-refractivity contribution in [2.75, 3.05) is 32.8 Å². The fraction of sp³-hybridized carbons (Fsp3) is 0.682. The zero-order chi connectivity index (χ0) is 19.3. The van der Waals surface area contributed by atoms with Crippen LogP contribution in [0.15, 0.2) is 30.3 Å². The lowest BCUT2D eigenvalue weighted by molar-refractivity contribution is -0.0200. The molecule has 0 bridgehead atoms. The first kappa shape index (κ1) is 20.2. The molecule has 0 aromatic heterocycles. The number of carbonyl (C=O) groups is 1. The average Bonchev–Trinajstić information content (AvgIpc) is 3.07. The number of carbonyl (C=O) groups excluding carboxylic acids is 1. The van der Waals surface area contributed by atoms with Gasteiger partial charge >= 0.3 is 6.09 Å². The Labute approximate surface area is 163 Å². The molecule has 2 heterocycles. The Morgan fingerprint density at radius 1 is 1.07 bits per heavy atom. The quantitative estimate of drug-likeness (QED) is 0.783. The Balaban J connectivity index is 1.33. The van der Waals surface area contributed by atoms with Crippen LogP contribution in [-0.4, -0.2) is 60.4 Å². The van der Waals surface area contributed by atoms with Crippen molar-refractivity contribution >= 4 is 6.09 Å². The molecule has 2 fully saturated rings. The first-order valence-electron chi connectivity index (χ1n) is 10.2. The van der Waals surface area contributed by atoms with Crippen LogP contribution in [0.2, 0.25) is 0 Å². The minimum absolute atomic E-state index is 0.201. The van der Waals surface area contributed by atoms with Crippen molar-refractivity contribution in [1.29, 1.82) is 0 Å². The van der Waals surface area contributed by atoms with E-state index in [0.717, 1.165) is 52.2 Å². The second kappa shape index (κ2) is 9.07. The van der Waals surface area contributed by atoms with Gasteiger partial charge in [-0.25, -0.2) is 4.79 Å². The van der Waals surface area contributed by atoms with Gasteiger partial charge in [0.05, 0.1) is 12.7 Å². The third-order valence-electron chi connectivity index (χ3n) is 5.28. The largest absolute Gasteiger partial charge is 0.444 e. The SMILES string of the molecule is CC(C)(C)OC(=O)N1CCC(OCC2CCN(Cc3ccccc3)C2)CC1. The van der Waals surface area contributed by atoms with Crippen molar-refractivity contribution in [2.45, 2.75) is 58.3 Å². The van der Waals surface area contributed by atoms with Crippen LogP contribution in [0.1, 0.15) is 45.6 Å². The molecule has 0 radical (unpaired) electrons. The van der Waals surface area contributed by atoms with Crippen LogP contribution < -0.4 is 0 Å². The van der Waals surface area contributed by atoms with Crippen LogP contribution in [0, 0.1) is 5.92 Å². The van der Waals surface area contributed by atoms with Gasteiger partial charge in [-0.05, 0) is 58.1 Å². The number of likely N-dealkylation sites (tertiary alicyclic amines) is 2. The molecule has 0 saturated carbocycles. The zero-order valence-electron chi connectivity index (χ0n) is 17.0. The van der Waals surface area contributed by atoms with E-state index in [1.807, 2.05) is 25.7 Å². The molecule has 1 aromatic carbocycles. The molecule has 1 amide bonds. The predicted octanol–water partition coefficient (Wildman–Crippen LogP) is 3.92. The Kier molecular flexibility index (Phi) is 6.77. The highest BCUT2D eigenvalue weighted by Crippen LogP contribution is 2.22. The molecule has 2 saturated heterocycles. The van der Waals surface area contributed by atoms with Crippen molar-refractivity contribution in [3.8, 4) is 0 Å². The van der Waals surface area contributed by atoms with Crippen LogP contribution in [0.5, 0.6) is 0 Å². The molecule has 1 aromatic rings. The van der Waals surface area contributed by atoms with Crippen molar-refractivity contribution in [2.24, 2.45) is 5.92 Å². The van der Waals surface area contributed by atoms with Gasteiger partial charge in [-0.3, -0.25) is 4.90 Å². The van der Waals surface area contributed by atoms with E-state index >= 15 is 0 Å². The number of hydrogen-bond donors (Lipinski definition) is 0. The number of rotatable bonds is 5. The molecule has 3 rings (SSSR count). The summed E-state index contributed by atoms with van der Waals surface area (Å²) in [6.45, 7) is 11.3. The standard InChI is InChI=1S/C22H34N2O3/c1-22(2,3)27-21(25)24-13-10-20(11-14-24)26-17-19-9-12-23(16-19)15-18-7-5-4-6-8-18/h4-8,19-20H,9-17H2,1-3H3. The first-order chi connectivity index (χ1) is 12.9. The fourth-order valence-electron chi connectivity index (χ4n) is 3.84.